The van der Waals surface area contributed by atoms with Crippen LogP contribution in [0.1, 0.15) is 24.4 Å². The van der Waals surface area contributed by atoms with Gasteiger partial charge in [0.05, 0.1) is 11.5 Å². The predicted octanol–water partition coefficient (Wildman–Crippen LogP) is 5.42. The van der Waals surface area contributed by atoms with Crippen molar-refractivity contribution in [3.05, 3.63) is 89.2 Å². The Morgan fingerprint density at radius 3 is 2.44 bits per heavy atom. The Morgan fingerprint density at radius 2 is 1.79 bits per heavy atom. The summed E-state index contributed by atoms with van der Waals surface area (Å²) in [6, 6.07) is 13.1. The molecule has 1 aromatic heterocycles. The molecule has 2 saturated heterocycles. The Labute approximate surface area is 200 Å². The summed E-state index contributed by atoms with van der Waals surface area (Å²) >= 11 is 6.18. The van der Waals surface area contributed by atoms with E-state index in [1.807, 2.05) is 18.2 Å². The number of urea groups is 1. The van der Waals surface area contributed by atoms with Crippen molar-refractivity contribution in [1.82, 2.24) is 9.88 Å². The van der Waals surface area contributed by atoms with Crippen molar-refractivity contribution >= 4 is 34.9 Å². The molecule has 9 heteroatoms. The van der Waals surface area contributed by atoms with E-state index in [0.717, 1.165) is 23.8 Å². The molecule has 5 rings (SSSR count). The van der Waals surface area contributed by atoms with E-state index in [4.69, 9.17) is 11.6 Å². The number of β-lactam (4-membered cyclic amide) rings is 1. The summed E-state index contributed by atoms with van der Waals surface area (Å²) in [5.74, 6) is -1.56. The van der Waals surface area contributed by atoms with Gasteiger partial charge < -0.3 is 15.1 Å². The average molecular weight is 483 g/mol. The average Bonchev–Trinajstić information content (AvgIpc) is 2.82. The lowest BCUT2D eigenvalue weighted by Crippen LogP contribution is -2.67. The van der Waals surface area contributed by atoms with Gasteiger partial charge in [-0.25, -0.2) is 13.6 Å². The van der Waals surface area contributed by atoms with Crippen molar-refractivity contribution in [3.8, 4) is 0 Å². The van der Waals surface area contributed by atoms with Crippen LogP contribution in [0.2, 0.25) is 5.02 Å². The molecule has 0 bridgehead atoms. The highest BCUT2D eigenvalue weighted by atomic mass is 35.5. The van der Waals surface area contributed by atoms with Gasteiger partial charge in [0.2, 0.25) is 5.91 Å². The molecule has 0 saturated carbocycles. The fraction of sp³-hybridized carbons (Fsp3) is 0.240. The molecule has 1 spiro atoms. The molecule has 1 N–H and O–H groups in total. The van der Waals surface area contributed by atoms with Crippen LogP contribution in [-0.4, -0.2) is 34.9 Å². The number of pyridine rings is 1. The Kier molecular flexibility index (Phi) is 5.69. The lowest BCUT2D eigenvalue weighted by atomic mass is 9.62. The molecule has 6 nitrogen and oxygen atoms in total. The number of nitrogens with zero attached hydrogens (tertiary/aromatic N) is 3. The van der Waals surface area contributed by atoms with Crippen molar-refractivity contribution in [2.75, 3.05) is 23.3 Å². The number of hydrogen-bond acceptors (Lipinski definition) is 3. The normalized spacial score (nSPS) is 19.1. The number of likely N-dealkylation sites (tertiary alicyclic amines) is 1. The van der Waals surface area contributed by atoms with E-state index in [9.17, 15) is 18.4 Å². The first-order valence-electron chi connectivity index (χ1n) is 10.9. The number of nitrogens with one attached hydrogen (secondary N) is 1. The van der Waals surface area contributed by atoms with Crippen LogP contribution in [0.15, 0.2) is 67.0 Å². The molecule has 2 aromatic carbocycles. The number of carbonyl (C=O) groups is 2. The molecule has 0 radical (unpaired) electrons. The van der Waals surface area contributed by atoms with Crippen molar-refractivity contribution < 1.29 is 18.4 Å². The number of amides is 3. The zero-order valence-corrected chi connectivity index (χ0v) is 18.8. The van der Waals surface area contributed by atoms with Gasteiger partial charge in [0.25, 0.3) is 0 Å². The number of anilines is 2. The van der Waals surface area contributed by atoms with Gasteiger partial charge in [0.15, 0.2) is 0 Å². The fourth-order valence-electron chi connectivity index (χ4n) is 4.98. The van der Waals surface area contributed by atoms with Gasteiger partial charge in [-0.3, -0.25) is 9.78 Å². The molecule has 1 atom stereocenters. The van der Waals surface area contributed by atoms with E-state index >= 15 is 0 Å². The quantitative estimate of drug-likeness (QED) is 0.507. The van der Waals surface area contributed by atoms with E-state index in [1.54, 1.807) is 40.4 Å². The Bertz CT molecular complexity index is 1230. The van der Waals surface area contributed by atoms with Crippen LogP contribution in [0, 0.1) is 17.0 Å². The van der Waals surface area contributed by atoms with Crippen LogP contribution >= 0.6 is 11.6 Å². The second-order valence-corrected chi connectivity index (χ2v) is 9.01. The van der Waals surface area contributed by atoms with E-state index in [2.05, 4.69) is 10.3 Å². The lowest BCUT2D eigenvalue weighted by Gasteiger charge is -2.58. The third kappa shape index (κ3) is 3.88. The maximum absolute atomic E-state index is 13.5. The first-order chi connectivity index (χ1) is 16.4. The molecule has 174 valence electrons. The first kappa shape index (κ1) is 22.3. The fourth-order valence-corrected chi connectivity index (χ4v) is 5.16. The number of halogens is 3. The van der Waals surface area contributed by atoms with Gasteiger partial charge in [-0.1, -0.05) is 23.7 Å². The molecule has 2 fully saturated rings. The zero-order valence-electron chi connectivity index (χ0n) is 18.0. The summed E-state index contributed by atoms with van der Waals surface area (Å²) in [6.07, 6.45) is 4.34. The molecule has 3 aromatic rings. The minimum atomic E-state index is -0.770. The number of rotatable bonds is 3. The summed E-state index contributed by atoms with van der Waals surface area (Å²) < 4.78 is 26.9. The summed E-state index contributed by atoms with van der Waals surface area (Å²) in [4.78, 5) is 33.8. The van der Waals surface area contributed by atoms with Crippen molar-refractivity contribution in [2.45, 2.75) is 18.9 Å². The number of aromatic nitrogens is 1. The molecular formula is C25H21ClF2N4O2. The van der Waals surface area contributed by atoms with Crippen LogP contribution in [0.25, 0.3) is 0 Å². The molecule has 0 aliphatic carbocycles. The largest absolute Gasteiger partial charge is 0.324 e. The summed E-state index contributed by atoms with van der Waals surface area (Å²) in [6.45, 7) is 0.658. The Balaban J connectivity index is 1.36. The highest BCUT2D eigenvalue weighted by Gasteiger charge is 2.62. The molecule has 2 aliphatic heterocycles. The minimum absolute atomic E-state index is 0.0177. The third-order valence-electron chi connectivity index (χ3n) is 6.57. The summed E-state index contributed by atoms with van der Waals surface area (Å²) in [5, 5.41) is 3.08. The van der Waals surface area contributed by atoms with Crippen molar-refractivity contribution in [2.24, 2.45) is 5.41 Å². The standard InChI is InChI=1S/C25H21ClF2N4O2/c26-17-4-1-5-21(11-17)32-22(16-3-2-8-29-15-16)25(23(32)33)6-9-31(10-7-25)24(34)30-20-13-18(27)12-19(28)14-20/h1-5,8,11-15,22H,6-7,9-10H2,(H,30,34). The zero-order chi connectivity index (χ0) is 23.9. The van der Waals surface area contributed by atoms with Crippen molar-refractivity contribution in [3.63, 3.8) is 0 Å². The third-order valence-corrected chi connectivity index (χ3v) is 6.80. The van der Waals surface area contributed by atoms with E-state index < -0.39 is 23.1 Å². The van der Waals surface area contributed by atoms with Gasteiger partial charge in [0.1, 0.15) is 11.6 Å². The molecule has 2 aliphatic rings. The minimum Gasteiger partial charge on any atom is -0.324 e. The molecular weight excluding hydrogens is 462 g/mol. The first-order valence-corrected chi connectivity index (χ1v) is 11.3. The van der Waals surface area contributed by atoms with E-state index in [-0.39, 0.29) is 17.6 Å². The van der Waals surface area contributed by atoms with Crippen LogP contribution in [0.3, 0.4) is 0 Å². The van der Waals surface area contributed by atoms with Gasteiger partial charge in [-0.05, 0) is 54.8 Å². The number of piperidine rings is 1. The van der Waals surface area contributed by atoms with Gasteiger partial charge in [-0.15, -0.1) is 0 Å². The van der Waals surface area contributed by atoms with E-state index in [1.165, 1.54) is 0 Å². The monoisotopic (exact) mass is 482 g/mol. The predicted molar refractivity (Wildman–Crippen MR) is 125 cm³/mol. The van der Waals surface area contributed by atoms with Gasteiger partial charge in [0, 0.05) is 47.9 Å². The van der Waals surface area contributed by atoms with Crippen molar-refractivity contribution in [1.29, 1.82) is 0 Å². The molecule has 3 amide bonds. The van der Waals surface area contributed by atoms with Gasteiger partial charge in [-0.2, -0.15) is 0 Å². The second-order valence-electron chi connectivity index (χ2n) is 8.58. The Hall–Kier alpha value is -3.52. The number of benzene rings is 2. The van der Waals surface area contributed by atoms with Crippen LogP contribution in [0.5, 0.6) is 0 Å². The summed E-state index contributed by atoms with van der Waals surface area (Å²) in [7, 11) is 0. The summed E-state index contributed by atoms with van der Waals surface area (Å²) in [5.41, 5.74) is 0.996. The van der Waals surface area contributed by atoms with Crippen LogP contribution in [-0.2, 0) is 4.79 Å². The number of carbonyl (C=O) groups excluding carboxylic acids is 2. The maximum Gasteiger partial charge on any atom is 0.321 e. The highest BCUT2D eigenvalue weighted by Crippen LogP contribution is 2.57. The SMILES string of the molecule is O=C(Nc1cc(F)cc(F)c1)N1CCC2(CC1)C(=O)N(c1cccc(Cl)c1)C2c1cccnc1. The maximum atomic E-state index is 13.5. The van der Waals surface area contributed by atoms with Crippen LogP contribution < -0.4 is 10.2 Å². The van der Waals surface area contributed by atoms with E-state index in [0.29, 0.717) is 36.6 Å². The topological polar surface area (TPSA) is 65.5 Å². The number of hydrogen-bond donors (Lipinski definition) is 1. The van der Waals surface area contributed by atoms with Gasteiger partial charge >= 0.3 is 6.03 Å². The molecule has 1 unspecified atom stereocenters. The smallest absolute Gasteiger partial charge is 0.321 e. The van der Waals surface area contributed by atoms with Crippen LogP contribution in [0.4, 0.5) is 25.0 Å². The highest BCUT2D eigenvalue weighted by molar-refractivity contribution is 6.31. The second kappa shape index (κ2) is 8.68. The molecule has 34 heavy (non-hydrogen) atoms. The Morgan fingerprint density at radius 1 is 1.06 bits per heavy atom. The molecule has 3 heterocycles. The lowest BCUT2D eigenvalue weighted by molar-refractivity contribution is -0.144.